The van der Waals surface area contributed by atoms with Crippen molar-refractivity contribution in [3.63, 3.8) is 0 Å². The van der Waals surface area contributed by atoms with Gasteiger partial charge in [-0.25, -0.2) is 0 Å². The summed E-state index contributed by atoms with van der Waals surface area (Å²) in [4.78, 5) is 2.68. The first-order valence-electron chi connectivity index (χ1n) is 10.8. The molecular formula is C20H41N3O2S. The van der Waals surface area contributed by atoms with Gasteiger partial charge in [0.1, 0.15) is 0 Å². The molecule has 2 aliphatic heterocycles. The van der Waals surface area contributed by atoms with Crippen LogP contribution in [0.3, 0.4) is 0 Å². The van der Waals surface area contributed by atoms with E-state index in [-0.39, 0.29) is 5.79 Å². The average Bonchev–Trinajstić information content (AvgIpc) is 2.67. The number of rotatable bonds is 13. The van der Waals surface area contributed by atoms with Gasteiger partial charge in [0, 0.05) is 12.2 Å². The number of hydrogen-bond acceptors (Lipinski definition) is 6. The van der Waals surface area contributed by atoms with Crippen molar-refractivity contribution in [2.45, 2.75) is 76.0 Å². The Bertz CT molecular complexity index is 332. The topological polar surface area (TPSA) is 73.7 Å². The fourth-order valence-corrected chi connectivity index (χ4v) is 5.35. The number of nitrogens with zero attached hydrogens (tertiary/aromatic N) is 1. The van der Waals surface area contributed by atoms with Crippen molar-refractivity contribution in [1.29, 1.82) is 0 Å². The van der Waals surface area contributed by atoms with Gasteiger partial charge in [-0.1, -0.05) is 25.7 Å². The fraction of sp³-hybridized carbons (Fsp3) is 1.00. The zero-order chi connectivity index (χ0) is 18.5. The van der Waals surface area contributed by atoms with Crippen molar-refractivity contribution in [1.82, 2.24) is 4.90 Å². The Morgan fingerprint density at radius 1 is 0.846 bits per heavy atom. The van der Waals surface area contributed by atoms with Crippen molar-refractivity contribution in [3.8, 4) is 0 Å². The molecule has 0 amide bonds. The van der Waals surface area contributed by atoms with Crippen LogP contribution in [0.1, 0.15) is 64.2 Å². The molecule has 6 heteroatoms. The summed E-state index contributed by atoms with van der Waals surface area (Å²) in [6, 6.07) is 0.394. The molecule has 2 saturated heterocycles. The van der Waals surface area contributed by atoms with E-state index in [4.69, 9.17) is 20.9 Å². The minimum absolute atomic E-state index is 0.349. The van der Waals surface area contributed by atoms with Gasteiger partial charge in [-0.2, -0.15) is 11.8 Å². The van der Waals surface area contributed by atoms with Gasteiger partial charge in [-0.15, -0.1) is 0 Å². The van der Waals surface area contributed by atoms with Crippen LogP contribution in [0.15, 0.2) is 0 Å². The Morgan fingerprint density at radius 3 is 2.00 bits per heavy atom. The van der Waals surface area contributed by atoms with Crippen LogP contribution >= 0.6 is 11.8 Å². The SMILES string of the molecule is NCCCCCCN(CCCCCCN)C1CSCCC12OCCCO2. The minimum Gasteiger partial charge on any atom is -0.348 e. The summed E-state index contributed by atoms with van der Waals surface area (Å²) in [5.74, 6) is 1.93. The number of nitrogens with two attached hydrogens (primary N) is 2. The highest BCUT2D eigenvalue weighted by atomic mass is 32.2. The second-order valence-electron chi connectivity index (χ2n) is 7.64. The molecule has 0 radical (unpaired) electrons. The fourth-order valence-electron chi connectivity index (χ4n) is 4.06. The van der Waals surface area contributed by atoms with Crippen molar-refractivity contribution >= 4 is 11.8 Å². The maximum absolute atomic E-state index is 6.28. The summed E-state index contributed by atoms with van der Waals surface area (Å²) in [5, 5.41) is 0. The van der Waals surface area contributed by atoms with Crippen molar-refractivity contribution < 1.29 is 9.47 Å². The molecule has 154 valence electrons. The number of ether oxygens (including phenoxy) is 2. The van der Waals surface area contributed by atoms with Crippen LogP contribution in [0, 0.1) is 0 Å². The highest BCUT2D eigenvalue weighted by Gasteiger charge is 2.47. The van der Waals surface area contributed by atoms with Crippen LogP contribution in [-0.2, 0) is 9.47 Å². The third-order valence-electron chi connectivity index (χ3n) is 5.60. The molecule has 0 aliphatic carbocycles. The molecular weight excluding hydrogens is 346 g/mol. The van der Waals surface area contributed by atoms with Gasteiger partial charge in [-0.3, -0.25) is 4.90 Å². The summed E-state index contributed by atoms with van der Waals surface area (Å²) < 4.78 is 12.6. The molecule has 2 rings (SSSR count). The van der Waals surface area contributed by atoms with Gasteiger partial charge in [-0.05, 0) is 64.0 Å². The maximum atomic E-state index is 6.28. The molecule has 2 heterocycles. The van der Waals surface area contributed by atoms with E-state index in [1.807, 2.05) is 0 Å². The van der Waals surface area contributed by atoms with E-state index in [1.165, 1.54) is 38.5 Å². The molecule has 0 aromatic carbocycles. The number of hydrogen-bond donors (Lipinski definition) is 2. The Kier molecular flexibility index (Phi) is 11.5. The molecule has 26 heavy (non-hydrogen) atoms. The molecule has 5 nitrogen and oxygen atoms in total. The van der Waals surface area contributed by atoms with Crippen LogP contribution in [0.25, 0.3) is 0 Å². The molecule has 2 fully saturated rings. The number of unbranched alkanes of at least 4 members (excludes halogenated alkanes) is 6. The molecule has 0 saturated carbocycles. The lowest BCUT2D eigenvalue weighted by molar-refractivity contribution is -0.294. The van der Waals surface area contributed by atoms with Gasteiger partial charge in [0.2, 0.25) is 0 Å². The molecule has 0 bridgehead atoms. The van der Waals surface area contributed by atoms with Gasteiger partial charge in [0.25, 0.3) is 0 Å². The van der Waals surface area contributed by atoms with E-state index in [0.717, 1.165) is 76.6 Å². The molecule has 2 aliphatic rings. The van der Waals surface area contributed by atoms with Crippen LogP contribution in [-0.4, -0.2) is 67.6 Å². The van der Waals surface area contributed by atoms with Crippen molar-refractivity contribution in [3.05, 3.63) is 0 Å². The Balaban J connectivity index is 1.90. The normalized spacial score (nSPS) is 23.0. The lowest BCUT2D eigenvalue weighted by atomic mass is 10.0. The van der Waals surface area contributed by atoms with E-state index < -0.39 is 0 Å². The first kappa shape index (κ1) is 22.4. The van der Waals surface area contributed by atoms with Gasteiger partial charge in [0.15, 0.2) is 5.79 Å². The standard InChI is InChI=1S/C20H41N3O2S/c21-11-5-1-3-7-13-23(14-8-4-2-6-12-22)19-18-26-17-10-20(19)24-15-9-16-25-20/h19H,1-18,21-22H2. The molecule has 1 atom stereocenters. The van der Waals surface area contributed by atoms with Crippen LogP contribution in [0.5, 0.6) is 0 Å². The second-order valence-corrected chi connectivity index (χ2v) is 8.79. The van der Waals surface area contributed by atoms with E-state index >= 15 is 0 Å². The maximum Gasteiger partial charge on any atom is 0.185 e. The molecule has 0 aromatic rings. The second kappa shape index (κ2) is 13.3. The summed E-state index contributed by atoms with van der Waals surface area (Å²) in [5.41, 5.74) is 11.3. The summed E-state index contributed by atoms with van der Waals surface area (Å²) in [6.07, 6.45) is 11.9. The molecule has 1 spiro atoms. The monoisotopic (exact) mass is 387 g/mol. The third-order valence-corrected chi connectivity index (χ3v) is 6.64. The third kappa shape index (κ3) is 7.28. The average molecular weight is 388 g/mol. The van der Waals surface area contributed by atoms with E-state index in [0.29, 0.717) is 6.04 Å². The van der Waals surface area contributed by atoms with E-state index in [1.54, 1.807) is 0 Å². The van der Waals surface area contributed by atoms with Crippen LogP contribution in [0.4, 0.5) is 0 Å². The minimum atomic E-state index is -0.349. The van der Waals surface area contributed by atoms with Crippen LogP contribution < -0.4 is 11.5 Å². The van der Waals surface area contributed by atoms with E-state index in [2.05, 4.69) is 16.7 Å². The predicted molar refractivity (Wildman–Crippen MR) is 112 cm³/mol. The highest BCUT2D eigenvalue weighted by Crippen LogP contribution is 2.37. The summed E-state index contributed by atoms with van der Waals surface area (Å²) in [6.45, 7) is 5.64. The Labute approximate surface area is 164 Å². The zero-order valence-electron chi connectivity index (χ0n) is 16.6. The summed E-state index contributed by atoms with van der Waals surface area (Å²) in [7, 11) is 0. The molecule has 0 aromatic heterocycles. The predicted octanol–water partition coefficient (Wildman–Crippen LogP) is 2.97. The highest BCUT2D eigenvalue weighted by molar-refractivity contribution is 7.99. The first-order valence-corrected chi connectivity index (χ1v) is 12.0. The van der Waals surface area contributed by atoms with Gasteiger partial charge >= 0.3 is 0 Å². The summed E-state index contributed by atoms with van der Waals surface area (Å²) >= 11 is 2.06. The zero-order valence-corrected chi connectivity index (χ0v) is 17.4. The van der Waals surface area contributed by atoms with Crippen molar-refractivity contribution in [2.75, 3.05) is 50.9 Å². The van der Waals surface area contributed by atoms with Gasteiger partial charge in [0.05, 0.1) is 19.3 Å². The lowest BCUT2D eigenvalue weighted by Gasteiger charge is -2.49. The largest absolute Gasteiger partial charge is 0.348 e. The van der Waals surface area contributed by atoms with Crippen molar-refractivity contribution in [2.24, 2.45) is 11.5 Å². The molecule has 1 unspecified atom stereocenters. The Morgan fingerprint density at radius 2 is 1.42 bits per heavy atom. The quantitative estimate of drug-likeness (QED) is 0.473. The Hall–Kier alpha value is 0.150. The number of thioether (sulfide) groups is 1. The first-order chi connectivity index (χ1) is 12.8. The van der Waals surface area contributed by atoms with E-state index in [9.17, 15) is 0 Å². The lowest BCUT2D eigenvalue weighted by Crippen LogP contribution is -2.61. The van der Waals surface area contributed by atoms with Crippen LogP contribution in [0.2, 0.25) is 0 Å². The molecule has 4 N–H and O–H groups in total. The van der Waals surface area contributed by atoms with Gasteiger partial charge < -0.3 is 20.9 Å². The smallest absolute Gasteiger partial charge is 0.185 e.